The fourth-order valence-electron chi connectivity index (χ4n) is 2.79. The molecule has 0 spiro atoms. The van der Waals surface area contributed by atoms with Crippen LogP contribution in [0.5, 0.6) is 5.06 Å². The minimum Gasteiger partial charge on any atom is -0.397 e. The molecule has 1 amide bonds. The Kier molecular flexibility index (Phi) is 6.34. The second-order valence-electron chi connectivity index (χ2n) is 7.47. The van der Waals surface area contributed by atoms with Crippen LogP contribution in [-0.2, 0) is 12.8 Å². The molecule has 29 heavy (non-hydrogen) atoms. The second-order valence-corrected chi connectivity index (χ2v) is 8.51. The van der Waals surface area contributed by atoms with Crippen molar-refractivity contribution in [1.29, 1.82) is 0 Å². The minimum absolute atomic E-state index is 0.103. The number of carbonyl (C=O) groups is 1. The number of hydrogen-bond acceptors (Lipinski definition) is 7. The van der Waals surface area contributed by atoms with Gasteiger partial charge in [0.2, 0.25) is 5.06 Å². The zero-order valence-corrected chi connectivity index (χ0v) is 17.8. The van der Waals surface area contributed by atoms with E-state index in [9.17, 15) is 9.90 Å². The summed E-state index contributed by atoms with van der Waals surface area (Å²) < 4.78 is 10.7. The molecule has 2 N–H and O–H groups in total. The lowest BCUT2D eigenvalue weighted by Gasteiger charge is -2.16. The van der Waals surface area contributed by atoms with E-state index in [2.05, 4.69) is 15.5 Å². The topological polar surface area (TPSA) is 97.5 Å². The van der Waals surface area contributed by atoms with Gasteiger partial charge in [0.15, 0.2) is 0 Å². The monoisotopic (exact) mass is 415 g/mol. The largest absolute Gasteiger partial charge is 0.413 e. The molecule has 1 aromatic carbocycles. The highest BCUT2D eigenvalue weighted by Crippen LogP contribution is 2.30. The van der Waals surface area contributed by atoms with E-state index >= 15 is 0 Å². The third-order valence-electron chi connectivity index (χ3n) is 4.27. The first-order valence-corrected chi connectivity index (χ1v) is 10.2. The number of amides is 1. The van der Waals surface area contributed by atoms with Gasteiger partial charge in [-0.15, -0.1) is 0 Å². The summed E-state index contributed by atoms with van der Waals surface area (Å²) in [5.74, 6) is 0.791. The number of aliphatic hydroxyl groups is 1. The number of aromatic nitrogens is 2. The molecule has 3 aromatic rings. The molecule has 0 aliphatic carbocycles. The molecule has 0 bridgehead atoms. The number of aryl methyl sites for hydroxylation is 3. The van der Waals surface area contributed by atoms with Crippen LogP contribution in [0.25, 0.3) is 11.3 Å². The Morgan fingerprint density at radius 2 is 1.97 bits per heavy atom. The Morgan fingerprint density at radius 3 is 2.66 bits per heavy atom. The quantitative estimate of drug-likeness (QED) is 0.604. The summed E-state index contributed by atoms with van der Waals surface area (Å²) in [6.45, 7) is 7.03. The maximum atomic E-state index is 11.9. The van der Waals surface area contributed by atoms with Crippen LogP contribution in [0.3, 0.4) is 0 Å². The van der Waals surface area contributed by atoms with Crippen molar-refractivity contribution in [2.24, 2.45) is 0 Å². The lowest BCUT2D eigenvalue weighted by Crippen LogP contribution is -2.39. The van der Waals surface area contributed by atoms with Gasteiger partial charge in [-0.25, -0.2) is 9.78 Å². The van der Waals surface area contributed by atoms with Gasteiger partial charge in [0, 0.05) is 24.1 Å². The van der Waals surface area contributed by atoms with Crippen molar-refractivity contribution in [3.8, 4) is 16.3 Å². The average molecular weight is 416 g/mol. The standard InChI is InChI=1S/C21H25N3O4S/c1-13-19(27-20(25)22-12-21(3,4)26)29-17(23-13)11-10-16-14(2)28-24-18(16)15-8-6-5-7-9-15/h5-9,26H,10-12H2,1-4H3,(H,22,25). The highest BCUT2D eigenvalue weighted by atomic mass is 32.1. The molecule has 0 fully saturated rings. The van der Waals surface area contributed by atoms with Crippen LogP contribution in [-0.4, -0.2) is 33.5 Å². The van der Waals surface area contributed by atoms with Crippen molar-refractivity contribution >= 4 is 17.4 Å². The predicted molar refractivity (Wildman–Crippen MR) is 111 cm³/mol. The van der Waals surface area contributed by atoms with Gasteiger partial charge in [-0.1, -0.05) is 46.8 Å². The van der Waals surface area contributed by atoms with Gasteiger partial charge >= 0.3 is 6.09 Å². The number of nitrogens with zero attached hydrogens (tertiary/aromatic N) is 2. The van der Waals surface area contributed by atoms with Gasteiger partial charge in [-0.3, -0.25) is 0 Å². The van der Waals surface area contributed by atoms with Crippen LogP contribution in [0.15, 0.2) is 34.9 Å². The van der Waals surface area contributed by atoms with E-state index in [1.807, 2.05) is 37.3 Å². The summed E-state index contributed by atoms with van der Waals surface area (Å²) in [4.78, 5) is 16.4. The van der Waals surface area contributed by atoms with Gasteiger partial charge in [0.1, 0.15) is 11.5 Å². The second kappa shape index (κ2) is 8.75. The van der Waals surface area contributed by atoms with Gasteiger partial charge in [-0.2, -0.15) is 0 Å². The molecule has 0 radical (unpaired) electrons. The fourth-order valence-corrected chi connectivity index (χ4v) is 3.70. The zero-order valence-electron chi connectivity index (χ0n) is 17.0. The highest BCUT2D eigenvalue weighted by molar-refractivity contribution is 7.13. The van der Waals surface area contributed by atoms with Crippen molar-refractivity contribution in [2.45, 2.75) is 46.1 Å². The Balaban J connectivity index is 1.65. The lowest BCUT2D eigenvalue weighted by molar-refractivity contribution is 0.0792. The molecule has 0 atom stereocenters. The number of benzene rings is 1. The summed E-state index contributed by atoms with van der Waals surface area (Å²) in [7, 11) is 0. The summed E-state index contributed by atoms with van der Waals surface area (Å²) in [6.07, 6.45) is 0.797. The first kappa shape index (κ1) is 21.0. The number of hydrogen-bond donors (Lipinski definition) is 2. The minimum atomic E-state index is -1.00. The maximum Gasteiger partial charge on any atom is 0.413 e. The van der Waals surface area contributed by atoms with E-state index in [1.54, 1.807) is 20.8 Å². The molecule has 0 unspecified atom stereocenters. The molecule has 2 heterocycles. The van der Waals surface area contributed by atoms with Crippen molar-refractivity contribution in [1.82, 2.24) is 15.5 Å². The zero-order chi connectivity index (χ0) is 21.0. The van der Waals surface area contributed by atoms with E-state index in [1.165, 1.54) is 11.3 Å². The molecule has 0 saturated carbocycles. The number of nitrogens with one attached hydrogen (secondary N) is 1. The third kappa shape index (κ3) is 5.65. The van der Waals surface area contributed by atoms with Gasteiger partial charge in [-0.05, 0) is 34.1 Å². The van der Waals surface area contributed by atoms with Crippen LogP contribution < -0.4 is 10.1 Å². The van der Waals surface area contributed by atoms with Crippen LogP contribution in [0.2, 0.25) is 0 Å². The number of rotatable bonds is 7. The van der Waals surface area contributed by atoms with Gasteiger partial charge in [0.25, 0.3) is 0 Å². The Hall–Kier alpha value is -2.71. The summed E-state index contributed by atoms with van der Waals surface area (Å²) in [6, 6.07) is 9.92. The van der Waals surface area contributed by atoms with Crippen molar-refractivity contribution in [3.05, 3.63) is 52.4 Å². The van der Waals surface area contributed by atoms with Crippen molar-refractivity contribution in [2.75, 3.05) is 6.54 Å². The smallest absolute Gasteiger partial charge is 0.397 e. The first-order valence-electron chi connectivity index (χ1n) is 9.38. The van der Waals surface area contributed by atoms with Crippen molar-refractivity contribution in [3.63, 3.8) is 0 Å². The molecule has 3 rings (SSSR count). The van der Waals surface area contributed by atoms with Crippen LogP contribution in [0, 0.1) is 13.8 Å². The molecule has 8 heteroatoms. The molecule has 0 aliphatic heterocycles. The molecular formula is C21H25N3O4S. The van der Waals surface area contributed by atoms with E-state index in [0.29, 0.717) is 17.2 Å². The van der Waals surface area contributed by atoms with Gasteiger partial charge < -0.3 is 19.7 Å². The van der Waals surface area contributed by atoms with E-state index in [4.69, 9.17) is 9.26 Å². The fraction of sp³-hybridized carbons (Fsp3) is 0.381. The third-order valence-corrected chi connectivity index (χ3v) is 5.37. The molecule has 2 aromatic heterocycles. The lowest BCUT2D eigenvalue weighted by atomic mass is 10.0. The maximum absolute atomic E-state index is 11.9. The summed E-state index contributed by atoms with van der Waals surface area (Å²) >= 11 is 1.34. The Labute approximate surface area is 173 Å². The first-order chi connectivity index (χ1) is 13.7. The molecule has 7 nitrogen and oxygen atoms in total. The SMILES string of the molecule is Cc1nc(CCc2c(-c3ccccc3)noc2C)sc1OC(=O)NCC(C)(C)O. The highest BCUT2D eigenvalue weighted by Gasteiger charge is 2.19. The predicted octanol–water partition coefficient (Wildman–Crippen LogP) is 4.06. The number of ether oxygens (including phenoxy) is 1. The molecule has 154 valence electrons. The van der Waals surface area contributed by atoms with Crippen molar-refractivity contribution < 1.29 is 19.2 Å². The van der Waals surface area contributed by atoms with E-state index in [-0.39, 0.29) is 6.54 Å². The summed E-state index contributed by atoms with van der Waals surface area (Å²) in [5.41, 5.74) is 2.57. The Morgan fingerprint density at radius 1 is 1.24 bits per heavy atom. The summed E-state index contributed by atoms with van der Waals surface area (Å²) in [5, 5.41) is 17.8. The average Bonchev–Trinajstić information content (AvgIpc) is 3.21. The van der Waals surface area contributed by atoms with E-state index < -0.39 is 11.7 Å². The number of thiazole rings is 1. The van der Waals surface area contributed by atoms with Crippen LogP contribution in [0.1, 0.15) is 35.9 Å². The molecule has 0 aliphatic rings. The van der Waals surface area contributed by atoms with E-state index in [0.717, 1.165) is 34.0 Å². The molecule has 0 saturated heterocycles. The number of carbonyl (C=O) groups excluding carboxylic acids is 1. The Bertz CT molecular complexity index is 974. The van der Waals surface area contributed by atoms with Gasteiger partial charge in [0.05, 0.1) is 16.3 Å². The normalized spacial score (nSPS) is 11.5. The molecular weight excluding hydrogens is 390 g/mol. The van der Waals surface area contributed by atoms with Crippen LogP contribution >= 0.6 is 11.3 Å². The van der Waals surface area contributed by atoms with Crippen LogP contribution in [0.4, 0.5) is 4.79 Å².